The van der Waals surface area contributed by atoms with Gasteiger partial charge in [0, 0.05) is 59.4 Å². The fraction of sp³-hybridized carbons (Fsp3) is 0. The average molecular weight is 747 g/mol. The van der Waals surface area contributed by atoms with Crippen LogP contribution in [0.5, 0.6) is 0 Å². The van der Waals surface area contributed by atoms with Gasteiger partial charge in [-0.3, -0.25) is 0 Å². The number of furan rings is 1. The third-order valence-corrected chi connectivity index (χ3v) is 12.3. The standard InChI is InChI=1S/C51H30N4OS/c1-4-14-31(15-5-1)49-52-50(32-16-6-2-7-17-32)54-51(53-49)41-24-13-23-39-38-22-12-21-35(46(38)56-47(39)41)33-26-29-43-42(30-33)37-27-28-40-36-20-10-11-25-44(36)57-48(40)45(37)55(43)34-18-8-3-9-19-34/h1-30H. The fourth-order valence-corrected chi connectivity index (χ4v) is 9.69. The molecule has 266 valence electrons. The highest BCUT2D eigenvalue weighted by molar-refractivity contribution is 7.26. The Morgan fingerprint density at radius 1 is 0.404 bits per heavy atom. The first-order chi connectivity index (χ1) is 28.3. The zero-order chi connectivity index (χ0) is 37.5. The Hall–Kier alpha value is -7.41. The van der Waals surface area contributed by atoms with Gasteiger partial charge < -0.3 is 8.98 Å². The number of thiophene rings is 1. The molecule has 8 aromatic carbocycles. The number of nitrogens with zero attached hydrogens (tertiary/aromatic N) is 4. The molecule has 4 aromatic heterocycles. The molecule has 12 rings (SSSR count). The van der Waals surface area contributed by atoms with Crippen LogP contribution in [0, 0.1) is 0 Å². The molecule has 0 amide bonds. The summed E-state index contributed by atoms with van der Waals surface area (Å²) in [6.45, 7) is 0. The Kier molecular flexibility index (Phi) is 7.03. The predicted octanol–water partition coefficient (Wildman–Crippen LogP) is 13.9. The van der Waals surface area contributed by atoms with Crippen LogP contribution in [0.2, 0.25) is 0 Å². The van der Waals surface area contributed by atoms with Crippen LogP contribution in [0.15, 0.2) is 186 Å². The number of hydrogen-bond donors (Lipinski definition) is 0. The van der Waals surface area contributed by atoms with E-state index in [9.17, 15) is 0 Å². The van der Waals surface area contributed by atoms with Crippen LogP contribution in [-0.2, 0) is 0 Å². The first-order valence-corrected chi connectivity index (χ1v) is 19.8. The number of hydrogen-bond acceptors (Lipinski definition) is 5. The second-order valence-corrected chi connectivity index (χ2v) is 15.4. The molecule has 0 saturated carbocycles. The minimum absolute atomic E-state index is 0.566. The molecule has 4 heterocycles. The maximum atomic E-state index is 6.98. The number of aromatic nitrogens is 4. The molecule has 0 aliphatic carbocycles. The number of fused-ring (bicyclic) bond motifs is 10. The van der Waals surface area contributed by atoms with Gasteiger partial charge in [-0.15, -0.1) is 11.3 Å². The second-order valence-electron chi connectivity index (χ2n) is 14.3. The van der Waals surface area contributed by atoms with Crippen LogP contribution in [0.1, 0.15) is 0 Å². The number of para-hydroxylation sites is 3. The van der Waals surface area contributed by atoms with Gasteiger partial charge in [0.05, 0.1) is 21.3 Å². The first kappa shape index (κ1) is 31.9. The van der Waals surface area contributed by atoms with Crippen molar-refractivity contribution in [2.45, 2.75) is 0 Å². The van der Waals surface area contributed by atoms with Crippen LogP contribution < -0.4 is 0 Å². The molecule has 0 bridgehead atoms. The molecule has 0 radical (unpaired) electrons. The summed E-state index contributed by atoms with van der Waals surface area (Å²) in [7, 11) is 0. The van der Waals surface area contributed by atoms with Crippen molar-refractivity contribution in [2.75, 3.05) is 0 Å². The van der Waals surface area contributed by atoms with Crippen molar-refractivity contribution in [1.29, 1.82) is 0 Å². The minimum atomic E-state index is 0.566. The van der Waals surface area contributed by atoms with Crippen molar-refractivity contribution in [3.05, 3.63) is 182 Å². The maximum Gasteiger partial charge on any atom is 0.167 e. The lowest BCUT2D eigenvalue weighted by molar-refractivity contribution is 0.670. The van der Waals surface area contributed by atoms with E-state index in [0.717, 1.165) is 55.4 Å². The highest BCUT2D eigenvalue weighted by atomic mass is 32.1. The zero-order valence-corrected chi connectivity index (χ0v) is 31.2. The third kappa shape index (κ3) is 4.98. The van der Waals surface area contributed by atoms with Crippen LogP contribution in [0.25, 0.3) is 115 Å². The largest absolute Gasteiger partial charge is 0.455 e. The Balaban J connectivity index is 1.07. The summed E-state index contributed by atoms with van der Waals surface area (Å²) in [6.07, 6.45) is 0. The Bertz CT molecular complexity index is 3460. The predicted molar refractivity (Wildman–Crippen MR) is 236 cm³/mol. The van der Waals surface area contributed by atoms with Crippen molar-refractivity contribution in [1.82, 2.24) is 19.5 Å². The van der Waals surface area contributed by atoms with Gasteiger partial charge >= 0.3 is 0 Å². The summed E-state index contributed by atoms with van der Waals surface area (Å²) in [6, 6.07) is 63.7. The van der Waals surface area contributed by atoms with E-state index < -0.39 is 0 Å². The number of benzene rings is 8. The average Bonchev–Trinajstić information content (AvgIpc) is 3.97. The molecule has 6 heteroatoms. The molecule has 57 heavy (non-hydrogen) atoms. The van der Waals surface area contributed by atoms with E-state index in [1.165, 1.54) is 42.0 Å². The second kappa shape index (κ2) is 12.6. The van der Waals surface area contributed by atoms with E-state index in [4.69, 9.17) is 19.4 Å². The van der Waals surface area contributed by atoms with Gasteiger partial charge in [-0.25, -0.2) is 15.0 Å². The van der Waals surface area contributed by atoms with Gasteiger partial charge in [-0.05, 0) is 42.0 Å². The summed E-state index contributed by atoms with van der Waals surface area (Å²) >= 11 is 1.87. The van der Waals surface area contributed by atoms with Crippen molar-refractivity contribution in [3.63, 3.8) is 0 Å². The lowest BCUT2D eigenvalue weighted by atomic mass is 10.00. The first-order valence-electron chi connectivity index (χ1n) is 19.0. The van der Waals surface area contributed by atoms with Gasteiger partial charge in [0.15, 0.2) is 17.5 Å². The maximum absolute atomic E-state index is 6.98. The topological polar surface area (TPSA) is 56.7 Å². The SMILES string of the molecule is c1ccc(-c2nc(-c3ccccc3)nc(-c3cccc4c3oc3c(-c5ccc6c(c5)c5ccc7c8ccccc8sc7c5n6-c5ccccc5)cccc34)n2)cc1. The minimum Gasteiger partial charge on any atom is -0.455 e. The number of rotatable bonds is 5. The summed E-state index contributed by atoms with van der Waals surface area (Å²) in [5.74, 6) is 1.80. The Morgan fingerprint density at radius 2 is 0.982 bits per heavy atom. The van der Waals surface area contributed by atoms with E-state index >= 15 is 0 Å². The molecule has 0 unspecified atom stereocenters. The summed E-state index contributed by atoms with van der Waals surface area (Å²) in [4.78, 5) is 15.0. The lowest BCUT2D eigenvalue weighted by Crippen LogP contribution is -2.00. The normalized spacial score (nSPS) is 11.9. The molecular formula is C51H30N4OS. The van der Waals surface area contributed by atoms with Crippen LogP contribution in [0.3, 0.4) is 0 Å². The molecule has 5 nitrogen and oxygen atoms in total. The van der Waals surface area contributed by atoms with Gasteiger partial charge in [0.2, 0.25) is 0 Å². The molecule has 0 saturated heterocycles. The van der Waals surface area contributed by atoms with E-state index in [1.54, 1.807) is 0 Å². The highest BCUT2D eigenvalue weighted by Gasteiger charge is 2.22. The third-order valence-electron chi connectivity index (χ3n) is 11.1. The summed E-state index contributed by atoms with van der Waals surface area (Å²) < 4.78 is 12.0. The van der Waals surface area contributed by atoms with Crippen molar-refractivity contribution in [2.24, 2.45) is 0 Å². The van der Waals surface area contributed by atoms with Gasteiger partial charge in [0.1, 0.15) is 11.2 Å². The molecule has 0 atom stereocenters. The van der Waals surface area contributed by atoms with E-state index in [1.807, 2.05) is 78.1 Å². The van der Waals surface area contributed by atoms with Gasteiger partial charge in [-0.1, -0.05) is 146 Å². The van der Waals surface area contributed by atoms with Gasteiger partial charge in [-0.2, -0.15) is 0 Å². The highest BCUT2D eigenvalue weighted by Crippen LogP contribution is 2.45. The van der Waals surface area contributed by atoms with Crippen molar-refractivity contribution >= 4 is 75.3 Å². The quantitative estimate of drug-likeness (QED) is 0.176. The van der Waals surface area contributed by atoms with Crippen molar-refractivity contribution in [3.8, 4) is 51.0 Å². The monoisotopic (exact) mass is 746 g/mol. The van der Waals surface area contributed by atoms with E-state index in [-0.39, 0.29) is 0 Å². The lowest BCUT2D eigenvalue weighted by Gasteiger charge is -2.09. The van der Waals surface area contributed by atoms with Crippen LogP contribution in [-0.4, -0.2) is 19.5 Å². The molecule has 0 aliphatic rings. The molecular weight excluding hydrogens is 717 g/mol. The smallest absolute Gasteiger partial charge is 0.167 e. The summed E-state index contributed by atoms with van der Waals surface area (Å²) in [5, 5.41) is 7.07. The molecule has 0 aliphatic heterocycles. The fourth-order valence-electron chi connectivity index (χ4n) is 8.45. The molecule has 0 fully saturated rings. The zero-order valence-electron chi connectivity index (χ0n) is 30.4. The van der Waals surface area contributed by atoms with E-state index in [2.05, 4.69) is 120 Å². The molecule has 0 N–H and O–H groups in total. The Labute approximate surface area is 330 Å². The molecule has 0 spiro atoms. The van der Waals surface area contributed by atoms with E-state index in [0.29, 0.717) is 17.5 Å². The Morgan fingerprint density at radius 3 is 1.70 bits per heavy atom. The van der Waals surface area contributed by atoms with Gasteiger partial charge in [0.25, 0.3) is 0 Å². The van der Waals surface area contributed by atoms with Crippen LogP contribution in [0.4, 0.5) is 0 Å². The molecule has 12 aromatic rings. The summed E-state index contributed by atoms with van der Waals surface area (Å²) in [5.41, 5.74) is 9.93. The van der Waals surface area contributed by atoms with Crippen molar-refractivity contribution < 1.29 is 4.42 Å². The van der Waals surface area contributed by atoms with Crippen LogP contribution >= 0.6 is 11.3 Å².